The van der Waals surface area contributed by atoms with Crippen molar-refractivity contribution in [1.82, 2.24) is 0 Å². The van der Waals surface area contributed by atoms with Gasteiger partial charge in [-0.1, -0.05) is 58.8 Å². The molecular weight excluding hydrogens is 202 g/mol. The number of nitrogens with two attached hydrogens (primary N) is 1. The van der Waals surface area contributed by atoms with E-state index in [0.29, 0.717) is 12.5 Å². The van der Waals surface area contributed by atoms with Crippen LogP contribution in [0.4, 0.5) is 4.79 Å². The summed E-state index contributed by atoms with van der Waals surface area (Å²) in [5.41, 5.74) is 4.91. The van der Waals surface area contributed by atoms with Crippen molar-refractivity contribution in [3.05, 3.63) is 0 Å². The molecular formula is C13H27NO2. The van der Waals surface area contributed by atoms with Gasteiger partial charge in [0.05, 0.1) is 6.61 Å². The number of primary amides is 1. The Morgan fingerprint density at radius 1 is 1.12 bits per heavy atom. The Bertz CT molecular complexity index is 171. The van der Waals surface area contributed by atoms with Crippen molar-refractivity contribution in [2.75, 3.05) is 6.61 Å². The highest BCUT2D eigenvalue weighted by Crippen LogP contribution is 2.18. The van der Waals surface area contributed by atoms with Gasteiger partial charge in [-0.25, -0.2) is 4.79 Å². The normalized spacial score (nSPS) is 12.4. The van der Waals surface area contributed by atoms with Crippen LogP contribution >= 0.6 is 0 Å². The van der Waals surface area contributed by atoms with Crippen LogP contribution in [-0.4, -0.2) is 12.7 Å². The fourth-order valence-electron chi connectivity index (χ4n) is 1.92. The lowest BCUT2D eigenvalue weighted by Gasteiger charge is -2.14. The number of carbonyl (C=O) groups excluding carboxylic acids is 1. The number of hydrogen-bond donors (Lipinski definition) is 1. The first-order valence-corrected chi connectivity index (χ1v) is 6.62. The minimum Gasteiger partial charge on any atom is -0.450 e. The van der Waals surface area contributed by atoms with Crippen molar-refractivity contribution in [3.8, 4) is 0 Å². The van der Waals surface area contributed by atoms with Crippen LogP contribution in [0.3, 0.4) is 0 Å². The van der Waals surface area contributed by atoms with E-state index in [4.69, 9.17) is 10.5 Å². The van der Waals surface area contributed by atoms with Gasteiger partial charge in [-0.2, -0.15) is 0 Å². The highest BCUT2D eigenvalue weighted by Gasteiger charge is 2.06. The largest absolute Gasteiger partial charge is 0.450 e. The smallest absolute Gasteiger partial charge is 0.404 e. The Morgan fingerprint density at radius 2 is 1.81 bits per heavy atom. The molecule has 1 atom stereocenters. The molecule has 0 aromatic rings. The van der Waals surface area contributed by atoms with Gasteiger partial charge in [-0.05, 0) is 12.3 Å². The third-order valence-electron chi connectivity index (χ3n) is 3.06. The minimum atomic E-state index is -0.655. The first-order chi connectivity index (χ1) is 7.70. The molecule has 0 rings (SSSR count). The van der Waals surface area contributed by atoms with Crippen LogP contribution < -0.4 is 5.73 Å². The molecule has 0 aliphatic carbocycles. The fraction of sp³-hybridized carbons (Fsp3) is 0.923. The predicted molar refractivity (Wildman–Crippen MR) is 67.3 cm³/mol. The lowest BCUT2D eigenvalue weighted by Crippen LogP contribution is -2.15. The van der Waals surface area contributed by atoms with Gasteiger partial charge >= 0.3 is 6.09 Å². The average Bonchev–Trinajstić information content (AvgIpc) is 2.26. The van der Waals surface area contributed by atoms with E-state index in [1.165, 1.54) is 38.5 Å². The van der Waals surface area contributed by atoms with E-state index in [1.54, 1.807) is 0 Å². The Morgan fingerprint density at radius 3 is 2.38 bits per heavy atom. The van der Waals surface area contributed by atoms with Crippen LogP contribution in [0.1, 0.15) is 65.2 Å². The summed E-state index contributed by atoms with van der Waals surface area (Å²) in [4.78, 5) is 10.4. The molecule has 1 amide bonds. The van der Waals surface area contributed by atoms with E-state index in [1.807, 2.05) is 0 Å². The van der Waals surface area contributed by atoms with Gasteiger partial charge in [-0.15, -0.1) is 0 Å². The van der Waals surface area contributed by atoms with E-state index >= 15 is 0 Å². The zero-order chi connectivity index (χ0) is 12.2. The molecule has 0 saturated carbocycles. The minimum absolute atomic E-state index is 0.475. The van der Waals surface area contributed by atoms with E-state index < -0.39 is 6.09 Å². The van der Waals surface area contributed by atoms with Gasteiger partial charge in [0.25, 0.3) is 0 Å². The molecule has 0 aromatic heterocycles. The Balaban J connectivity index is 3.40. The standard InChI is InChI=1S/C13H27NO2/c1-3-5-6-7-8-9-12(4-2)10-11-16-13(14)15/h12H,3-11H2,1-2H3,(H2,14,15). The summed E-state index contributed by atoms with van der Waals surface area (Å²) < 4.78 is 4.76. The maximum absolute atomic E-state index is 10.4. The van der Waals surface area contributed by atoms with Crippen molar-refractivity contribution in [1.29, 1.82) is 0 Å². The summed E-state index contributed by atoms with van der Waals surface area (Å²) in [7, 11) is 0. The molecule has 96 valence electrons. The molecule has 1 unspecified atom stereocenters. The van der Waals surface area contributed by atoms with Crippen molar-refractivity contribution in [3.63, 3.8) is 0 Å². The summed E-state index contributed by atoms with van der Waals surface area (Å²) in [5.74, 6) is 0.681. The molecule has 3 nitrogen and oxygen atoms in total. The number of amides is 1. The summed E-state index contributed by atoms with van der Waals surface area (Å²) >= 11 is 0. The molecule has 3 heteroatoms. The zero-order valence-electron chi connectivity index (χ0n) is 10.8. The van der Waals surface area contributed by atoms with Gasteiger partial charge in [0.15, 0.2) is 0 Å². The average molecular weight is 229 g/mol. The maximum atomic E-state index is 10.4. The highest BCUT2D eigenvalue weighted by atomic mass is 16.5. The summed E-state index contributed by atoms with van der Waals surface area (Å²) in [5, 5.41) is 0. The molecule has 0 aliphatic rings. The number of carbonyl (C=O) groups is 1. The highest BCUT2D eigenvalue weighted by molar-refractivity contribution is 5.64. The molecule has 0 fully saturated rings. The van der Waals surface area contributed by atoms with Crippen LogP contribution in [0.2, 0.25) is 0 Å². The Kier molecular flexibility index (Phi) is 10.3. The number of unbranched alkanes of at least 4 members (excludes halogenated alkanes) is 4. The van der Waals surface area contributed by atoms with Crippen molar-refractivity contribution in [2.45, 2.75) is 65.2 Å². The van der Waals surface area contributed by atoms with E-state index in [2.05, 4.69) is 13.8 Å². The van der Waals surface area contributed by atoms with Crippen LogP contribution in [0.15, 0.2) is 0 Å². The number of ether oxygens (including phenoxy) is 1. The van der Waals surface area contributed by atoms with Crippen molar-refractivity contribution < 1.29 is 9.53 Å². The molecule has 0 heterocycles. The third-order valence-corrected chi connectivity index (χ3v) is 3.06. The second-order valence-electron chi connectivity index (χ2n) is 4.43. The van der Waals surface area contributed by atoms with Gasteiger partial charge in [0.1, 0.15) is 0 Å². The second kappa shape index (κ2) is 10.8. The molecule has 0 aromatic carbocycles. The Hall–Kier alpha value is -0.730. The van der Waals surface area contributed by atoms with Crippen LogP contribution in [0.25, 0.3) is 0 Å². The van der Waals surface area contributed by atoms with Crippen LogP contribution in [0, 0.1) is 5.92 Å². The molecule has 0 bridgehead atoms. The molecule has 0 aliphatic heterocycles. The summed E-state index contributed by atoms with van der Waals surface area (Å²) in [6.07, 6.45) is 9.34. The van der Waals surface area contributed by atoms with Gasteiger partial charge < -0.3 is 10.5 Å². The SMILES string of the molecule is CCCCCCCC(CC)CCOC(N)=O. The molecule has 0 saturated heterocycles. The first-order valence-electron chi connectivity index (χ1n) is 6.62. The van der Waals surface area contributed by atoms with Gasteiger partial charge in [0, 0.05) is 0 Å². The van der Waals surface area contributed by atoms with Gasteiger partial charge in [-0.3, -0.25) is 0 Å². The monoisotopic (exact) mass is 229 g/mol. The summed E-state index contributed by atoms with van der Waals surface area (Å²) in [6, 6.07) is 0. The molecule has 0 spiro atoms. The van der Waals surface area contributed by atoms with E-state index in [9.17, 15) is 4.79 Å². The van der Waals surface area contributed by atoms with E-state index in [0.717, 1.165) is 12.8 Å². The molecule has 2 N–H and O–H groups in total. The second-order valence-corrected chi connectivity index (χ2v) is 4.43. The van der Waals surface area contributed by atoms with Crippen molar-refractivity contribution >= 4 is 6.09 Å². The Labute approximate surface area is 99.7 Å². The lowest BCUT2D eigenvalue weighted by atomic mass is 9.95. The molecule has 16 heavy (non-hydrogen) atoms. The van der Waals surface area contributed by atoms with Crippen molar-refractivity contribution in [2.24, 2.45) is 11.7 Å². The third kappa shape index (κ3) is 9.81. The van der Waals surface area contributed by atoms with E-state index in [-0.39, 0.29) is 0 Å². The number of hydrogen-bond acceptors (Lipinski definition) is 2. The molecule has 0 radical (unpaired) electrons. The predicted octanol–water partition coefficient (Wildman–Crippen LogP) is 3.86. The van der Waals surface area contributed by atoms with Crippen LogP contribution in [0.5, 0.6) is 0 Å². The van der Waals surface area contributed by atoms with Crippen LogP contribution in [-0.2, 0) is 4.74 Å². The number of rotatable bonds is 10. The van der Waals surface area contributed by atoms with Gasteiger partial charge in [0.2, 0.25) is 0 Å². The fourth-order valence-corrected chi connectivity index (χ4v) is 1.92. The quantitative estimate of drug-likeness (QED) is 0.578. The summed E-state index contributed by atoms with van der Waals surface area (Å²) in [6.45, 7) is 4.90. The maximum Gasteiger partial charge on any atom is 0.404 e. The topological polar surface area (TPSA) is 52.3 Å². The zero-order valence-corrected chi connectivity index (χ0v) is 10.8. The first kappa shape index (κ1) is 15.3. The lowest BCUT2D eigenvalue weighted by molar-refractivity contribution is 0.147.